The first-order valence-corrected chi connectivity index (χ1v) is 13.8. The Labute approximate surface area is 213 Å². The minimum absolute atomic E-state index is 0.0664. The molecule has 1 saturated carbocycles. The number of likely N-dealkylation sites (N-methyl/N-ethyl adjacent to an activating group) is 1. The number of benzene rings is 2. The molecule has 1 amide bonds. The lowest BCUT2D eigenvalue weighted by Crippen LogP contribution is -2.53. The van der Waals surface area contributed by atoms with Gasteiger partial charge in [0.05, 0.1) is 32.7 Å². The fourth-order valence-electron chi connectivity index (χ4n) is 5.36. The van der Waals surface area contributed by atoms with Crippen molar-refractivity contribution in [2.75, 3.05) is 13.6 Å². The van der Waals surface area contributed by atoms with Crippen molar-refractivity contribution in [2.45, 2.75) is 43.5 Å². The summed E-state index contributed by atoms with van der Waals surface area (Å²) in [4.78, 5) is 20.6. The Bertz CT molecular complexity index is 1430. The first-order valence-electron chi connectivity index (χ1n) is 12.6. The number of hydrogen-bond acceptors (Lipinski definition) is 5. The predicted octanol–water partition coefficient (Wildman–Crippen LogP) is 3.13. The molecule has 3 heterocycles. The van der Waals surface area contributed by atoms with Crippen LogP contribution in [0.15, 0.2) is 60.9 Å². The SMILES string of the molecule is Cc1ccc(OC([SiH3])[C@@H]2CCN2C)cc1C(=O)NC1(c2cc(-c3cc[nH]n3)cc3ncccc23)CC1. The Balaban J connectivity index is 1.30. The Hall–Kier alpha value is -3.49. The van der Waals surface area contributed by atoms with E-state index in [2.05, 4.69) is 50.6 Å². The zero-order valence-corrected chi connectivity index (χ0v) is 22.9. The van der Waals surface area contributed by atoms with Crippen LogP contribution < -0.4 is 10.1 Å². The van der Waals surface area contributed by atoms with E-state index in [1.807, 2.05) is 43.5 Å². The van der Waals surface area contributed by atoms with E-state index in [1.165, 1.54) is 6.42 Å². The van der Waals surface area contributed by atoms with Crippen LogP contribution in [0.2, 0.25) is 0 Å². The van der Waals surface area contributed by atoms with Gasteiger partial charge in [0.15, 0.2) is 0 Å². The van der Waals surface area contributed by atoms with Crippen molar-refractivity contribution in [3.63, 3.8) is 0 Å². The monoisotopic (exact) mass is 497 g/mol. The zero-order chi connectivity index (χ0) is 24.9. The average Bonchev–Trinajstić information content (AvgIpc) is 3.42. The zero-order valence-electron chi connectivity index (χ0n) is 20.9. The fourth-order valence-corrected chi connectivity index (χ4v) is 6.47. The number of amides is 1. The van der Waals surface area contributed by atoms with Crippen LogP contribution in [-0.2, 0) is 5.54 Å². The first kappa shape index (κ1) is 22.9. The molecule has 8 heteroatoms. The molecule has 0 bridgehead atoms. The van der Waals surface area contributed by atoms with E-state index in [-0.39, 0.29) is 11.6 Å². The third-order valence-corrected chi connectivity index (χ3v) is 8.80. The van der Waals surface area contributed by atoms with E-state index in [1.54, 1.807) is 6.20 Å². The van der Waals surface area contributed by atoms with Crippen molar-refractivity contribution < 1.29 is 9.53 Å². The second kappa shape index (κ2) is 8.87. The van der Waals surface area contributed by atoms with Crippen molar-refractivity contribution in [2.24, 2.45) is 0 Å². The van der Waals surface area contributed by atoms with E-state index in [4.69, 9.17) is 4.74 Å². The quantitative estimate of drug-likeness (QED) is 0.384. The first-order chi connectivity index (χ1) is 17.4. The highest BCUT2D eigenvalue weighted by atomic mass is 28.1. The maximum atomic E-state index is 13.6. The number of aromatic amines is 1. The highest BCUT2D eigenvalue weighted by Crippen LogP contribution is 2.49. The Kier molecular flexibility index (Phi) is 5.65. The fraction of sp³-hybridized carbons (Fsp3) is 0.321. The lowest BCUT2D eigenvalue weighted by molar-refractivity contribution is 0.0562. The molecule has 7 nitrogen and oxygen atoms in total. The molecule has 36 heavy (non-hydrogen) atoms. The summed E-state index contributed by atoms with van der Waals surface area (Å²) < 4.78 is 6.30. The molecule has 1 aliphatic heterocycles. The van der Waals surface area contributed by atoms with E-state index < -0.39 is 5.54 Å². The van der Waals surface area contributed by atoms with Crippen LogP contribution >= 0.6 is 0 Å². The number of H-pyrrole nitrogens is 1. The Morgan fingerprint density at radius 3 is 2.81 bits per heavy atom. The van der Waals surface area contributed by atoms with Crippen LogP contribution in [0.4, 0.5) is 0 Å². The van der Waals surface area contributed by atoms with Crippen LogP contribution in [0.25, 0.3) is 22.2 Å². The lowest BCUT2D eigenvalue weighted by Gasteiger charge is -2.41. The van der Waals surface area contributed by atoms with E-state index >= 15 is 0 Å². The van der Waals surface area contributed by atoms with Gasteiger partial charge in [0, 0.05) is 34.9 Å². The van der Waals surface area contributed by atoms with Crippen LogP contribution in [0.5, 0.6) is 5.75 Å². The molecule has 1 unspecified atom stereocenters. The van der Waals surface area contributed by atoms with Crippen LogP contribution in [0, 0.1) is 6.92 Å². The van der Waals surface area contributed by atoms with Crippen LogP contribution in [0.1, 0.15) is 40.7 Å². The number of carbonyl (C=O) groups is 1. The maximum absolute atomic E-state index is 13.6. The van der Waals surface area contributed by atoms with Gasteiger partial charge in [-0.05, 0) is 87.3 Å². The average molecular weight is 498 g/mol. The third kappa shape index (κ3) is 4.10. The number of hydrogen-bond donors (Lipinski definition) is 2. The molecular weight excluding hydrogens is 466 g/mol. The van der Waals surface area contributed by atoms with Crippen LogP contribution in [0.3, 0.4) is 0 Å². The lowest BCUT2D eigenvalue weighted by atomic mass is 9.95. The number of aryl methyl sites for hydroxylation is 1. The molecule has 0 spiro atoms. The van der Waals surface area contributed by atoms with E-state index in [9.17, 15) is 4.79 Å². The highest BCUT2D eigenvalue weighted by molar-refractivity contribution is 6.11. The smallest absolute Gasteiger partial charge is 0.252 e. The normalized spacial score (nSPS) is 19.6. The minimum Gasteiger partial charge on any atom is -0.494 e. The number of pyridine rings is 1. The molecule has 2 atom stereocenters. The summed E-state index contributed by atoms with van der Waals surface area (Å²) in [6, 6.07) is 16.6. The minimum atomic E-state index is -0.414. The third-order valence-electron chi connectivity index (χ3n) is 7.80. The molecule has 1 saturated heterocycles. The predicted molar refractivity (Wildman–Crippen MR) is 144 cm³/mol. The summed E-state index contributed by atoms with van der Waals surface area (Å²) >= 11 is 0. The van der Waals surface area contributed by atoms with Gasteiger partial charge in [-0.25, -0.2) is 0 Å². The summed E-state index contributed by atoms with van der Waals surface area (Å²) in [6.07, 6.45) is 6.57. The summed E-state index contributed by atoms with van der Waals surface area (Å²) in [5, 5.41) is 11.7. The molecule has 2 N–H and O–H groups in total. The standard InChI is InChI=1S/C28H31N5O2Si/c1-17-5-6-19(35-27(36)25-8-13-33(25)2)16-21(17)26(34)31-28(9-10-28)22-14-18(23-7-12-30-32-23)15-24-20(22)4-3-11-29-24/h3-7,11-12,14-16,25,27H,8-10,13H2,1-2,36H3,(H,30,32)(H,31,34)/t25-,27?/m0/s1. The number of fused-ring (bicyclic) bond motifs is 1. The van der Waals surface area contributed by atoms with Gasteiger partial charge in [-0.2, -0.15) is 5.10 Å². The molecule has 2 aliphatic rings. The van der Waals surface area contributed by atoms with Gasteiger partial charge < -0.3 is 15.0 Å². The molecule has 4 aromatic rings. The summed E-state index contributed by atoms with van der Waals surface area (Å²) in [5.74, 6) is 0.703. The summed E-state index contributed by atoms with van der Waals surface area (Å²) in [5.41, 5.74) is 5.25. The van der Waals surface area contributed by atoms with Crippen molar-refractivity contribution in [3.05, 3.63) is 77.6 Å². The van der Waals surface area contributed by atoms with Gasteiger partial charge in [-0.15, -0.1) is 0 Å². The Morgan fingerprint density at radius 2 is 2.11 bits per heavy atom. The number of nitrogens with zero attached hydrogens (tertiary/aromatic N) is 3. The Morgan fingerprint density at radius 1 is 1.25 bits per heavy atom. The van der Waals surface area contributed by atoms with E-state index in [0.29, 0.717) is 11.6 Å². The molecule has 2 aromatic heterocycles. The molecule has 2 aromatic carbocycles. The van der Waals surface area contributed by atoms with Crippen molar-refractivity contribution >= 4 is 27.1 Å². The summed E-state index contributed by atoms with van der Waals surface area (Å²) in [7, 11) is 3.09. The highest BCUT2D eigenvalue weighted by Gasteiger charge is 2.47. The second-order valence-electron chi connectivity index (χ2n) is 10.2. The molecule has 1 aliphatic carbocycles. The maximum Gasteiger partial charge on any atom is 0.252 e. The second-order valence-corrected chi connectivity index (χ2v) is 11.4. The number of likely N-dealkylation sites (tertiary alicyclic amines) is 1. The van der Waals surface area contributed by atoms with Gasteiger partial charge >= 0.3 is 0 Å². The molecule has 184 valence electrons. The largest absolute Gasteiger partial charge is 0.494 e. The molecule has 6 rings (SSSR count). The van der Waals surface area contributed by atoms with Gasteiger partial charge in [-0.1, -0.05) is 12.1 Å². The van der Waals surface area contributed by atoms with Crippen molar-refractivity contribution in [1.29, 1.82) is 0 Å². The number of aromatic nitrogens is 3. The topological polar surface area (TPSA) is 83.1 Å². The molecule has 0 radical (unpaired) electrons. The number of ether oxygens (including phenoxy) is 1. The van der Waals surface area contributed by atoms with Gasteiger partial charge in [0.2, 0.25) is 0 Å². The van der Waals surface area contributed by atoms with Crippen molar-refractivity contribution in [1.82, 2.24) is 25.4 Å². The van der Waals surface area contributed by atoms with Crippen molar-refractivity contribution in [3.8, 4) is 17.0 Å². The molecular formula is C28H31N5O2Si. The van der Waals surface area contributed by atoms with Gasteiger partial charge in [0.1, 0.15) is 5.75 Å². The summed E-state index contributed by atoms with van der Waals surface area (Å²) in [6.45, 7) is 3.11. The van der Waals surface area contributed by atoms with Crippen LogP contribution in [-0.4, -0.2) is 61.6 Å². The van der Waals surface area contributed by atoms with Gasteiger partial charge in [0.25, 0.3) is 5.91 Å². The number of carbonyl (C=O) groups excluding carboxylic acids is 1. The van der Waals surface area contributed by atoms with E-state index in [0.717, 1.165) is 68.7 Å². The molecule has 2 fully saturated rings. The number of rotatable bonds is 7. The number of nitrogens with one attached hydrogen (secondary N) is 2. The van der Waals surface area contributed by atoms with Gasteiger partial charge in [-0.3, -0.25) is 14.9 Å².